The molecular weight excluding hydrogens is 298 g/mol. The van der Waals surface area contributed by atoms with Crippen LogP contribution in [0.2, 0.25) is 5.02 Å². The van der Waals surface area contributed by atoms with E-state index in [1.54, 1.807) is 0 Å². The molecule has 22 heavy (non-hydrogen) atoms. The zero-order valence-corrected chi connectivity index (χ0v) is 13.0. The summed E-state index contributed by atoms with van der Waals surface area (Å²) in [7, 11) is 0. The van der Waals surface area contributed by atoms with Gasteiger partial charge in [-0.25, -0.2) is 4.98 Å². The number of hydrogen-bond donors (Lipinski definition) is 1. The summed E-state index contributed by atoms with van der Waals surface area (Å²) in [4.78, 5) is 16.6. The Kier molecular flexibility index (Phi) is 4.11. The number of carbonyl (C=O) groups excluding carboxylic acids is 1. The van der Waals surface area contributed by atoms with E-state index in [4.69, 9.17) is 11.6 Å². The summed E-state index contributed by atoms with van der Waals surface area (Å²) >= 11 is 6.07. The summed E-state index contributed by atoms with van der Waals surface area (Å²) in [6, 6.07) is 11.4. The topological polar surface area (TPSA) is 46.4 Å². The van der Waals surface area contributed by atoms with Crippen molar-refractivity contribution in [3.63, 3.8) is 0 Å². The van der Waals surface area contributed by atoms with E-state index in [9.17, 15) is 4.79 Å². The monoisotopic (exact) mass is 313 g/mol. The van der Waals surface area contributed by atoms with Crippen molar-refractivity contribution in [3.05, 3.63) is 70.6 Å². The van der Waals surface area contributed by atoms with Crippen molar-refractivity contribution in [2.24, 2.45) is 0 Å². The lowest BCUT2D eigenvalue weighted by Gasteiger charge is -2.05. The fourth-order valence-corrected chi connectivity index (χ4v) is 2.55. The summed E-state index contributed by atoms with van der Waals surface area (Å²) in [5, 5.41) is 3.53. The average Bonchev–Trinajstić information content (AvgIpc) is 2.90. The van der Waals surface area contributed by atoms with Crippen LogP contribution in [-0.4, -0.2) is 15.3 Å². The summed E-state index contributed by atoms with van der Waals surface area (Å²) < 4.78 is 1.94. The number of nitrogens with one attached hydrogen (secondary N) is 1. The summed E-state index contributed by atoms with van der Waals surface area (Å²) in [6.45, 7) is 2.43. The highest BCUT2D eigenvalue weighted by atomic mass is 35.5. The smallest absolute Gasteiger partial charge is 0.226 e. The number of halogens is 1. The lowest BCUT2D eigenvalue weighted by Crippen LogP contribution is -2.24. The first kappa shape index (κ1) is 14.6. The predicted octanol–water partition coefficient (Wildman–Crippen LogP) is 3.16. The van der Waals surface area contributed by atoms with Crippen LogP contribution < -0.4 is 5.32 Å². The maximum atomic E-state index is 12.1. The minimum Gasteiger partial charge on any atom is -0.352 e. The quantitative estimate of drug-likeness (QED) is 0.804. The van der Waals surface area contributed by atoms with Gasteiger partial charge in [-0.1, -0.05) is 35.9 Å². The SMILES string of the molecule is Cc1cccn2cc(CC(=O)NCc3ccccc3Cl)nc12. The van der Waals surface area contributed by atoms with Gasteiger partial charge in [-0.15, -0.1) is 0 Å². The van der Waals surface area contributed by atoms with Crippen LogP contribution >= 0.6 is 11.6 Å². The number of aryl methyl sites for hydroxylation is 1. The molecular formula is C17H16ClN3O. The molecule has 0 aliphatic heterocycles. The molecule has 0 atom stereocenters. The second-order valence-electron chi connectivity index (χ2n) is 5.20. The first-order valence-corrected chi connectivity index (χ1v) is 7.44. The standard InChI is InChI=1S/C17H16ClN3O/c1-12-5-4-8-21-11-14(20-17(12)21)9-16(22)19-10-13-6-2-3-7-15(13)18/h2-8,11H,9-10H2,1H3,(H,19,22). The molecule has 0 aliphatic rings. The third kappa shape index (κ3) is 3.12. The van der Waals surface area contributed by atoms with Gasteiger partial charge in [0.2, 0.25) is 5.91 Å². The molecule has 5 heteroatoms. The zero-order valence-electron chi connectivity index (χ0n) is 12.2. The van der Waals surface area contributed by atoms with Crippen molar-refractivity contribution in [2.75, 3.05) is 0 Å². The minimum atomic E-state index is -0.0685. The number of amides is 1. The van der Waals surface area contributed by atoms with Crippen molar-refractivity contribution in [3.8, 4) is 0 Å². The van der Waals surface area contributed by atoms with E-state index >= 15 is 0 Å². The van der Waals surface area contributed by atoms with Crippen molar-refractivity contribution in [1.82, 2.24) is 14.7 Å². The molecule has 4 nitrogen and oxygen atoms in total. The number of aromatic nitrogens is 2. The predicted molar refractivity (Wildman–Crippen MR) is 86.9 cm³/mol. The molecule has 2 aromatic heterocycles. The van der Waals surface area contributed by atoms with Gasteiger partial charge in [0.15, 0.2) is 0 Å². The Hall–Kier alpha value is -2.33. The zero-order chi connectivity index (χ0) is 15.5. The van der Waals surface area contributed by atoms with Crippen LogP contribution in [0.3, 0.4) is 0 Å². The minimum absolute atomic E-state index is 0.0685. The van der Waals surface area contributed by atoms with Gasteiger partial charge in [-0.05, 0) is 30.2 Å². The van der Waals surface area contributed by atoms with E-state index in [0.29, 0.717) is 11.6 Å². The Bertz CT molecular complexity index is 826. The van der Waals surface area contributed by atoms with E-state index in [1.807, 2.05) is 60.1 Å². The molecule has 3 rings (SSSR count). The second kappa shape index (κ2) is 6.20. The summed E-state index contributed by atoms with van der Waals surface area (Å²) in [5.74, 6) is -0.0685. The fourth-order valence-electron chi connectivity index (χ4n) is 2.35. The first-order valence-electron chi connectivity index (χ1n) is 7.07. The van der Waals surface area contributed by atoms with Crippen molar-refractivity contribution >= 4 is 23.2 Å². The van der Waals surface area contributed by atoms with Crippen molar-refractivity contribution in [2.45, 2.75) is 19.9 Å². The summed E-state index contributed by atoms with van der Waals surface area (Å²) in [5.41, 5.74) is 3.64. The molecule has 1 N–H and O–H groups in total. The molecule has 0 radical (unpaired) electrons. The van der Waals surface area contributed by atoms with E-state index in [2.05, 4.69) is 10.3 Å². The number of benzene rings is 1. The number of rotatable bonds is 4. The maximum absolute atomic E-state index is 12.1. The molecule has 1 aromatic carbocycles. The Morgan fingerprint density at radius 1 is 1.27 bits per heavy atom. The van der Waals surface area contributed by atoms with Gasteiger partial charge < -0.3 is 9.72 Å². The van der Waals surface area contributed by atoms with Crippen LogP contribution in [-0.2, 0) is 17.8 Å². The van der Waals surface area contributed by atoms with Crippen LogP contribution in [0.5, 0.6) is 0 Å². The van der Waals surface area contributed by atoms with E-state index in [0.717, 1.165) is 22.5 Å². The fraction of sp³-hybridized carbons (Fsp3) is 0.176. The molecule has 0 saturated heterocycles. The molecule has 2 heterocycles. The van der Waals surface area contributed by atoms with Gasteiger partial charge >= 0.3 is 0 Å². The lowest BCUT2D eigenvalue weighted by atomic mass is 10.2. The molecule has 0 saturated carbocycles. The maximum Gasteiger partial charge on any atom is 0.226 e. The Morgan fingerprint density at radius 2 is 2.09 bits per heavy atom. The van der Waals surface area contributed by atoms with Gasteiger partial charge in [0, 0.05) is 24.0 Å². The molecule has 0 unspecified atom stereocenters. The number of carbonyl (C=O) groups is 1. The van der Waals surface area contributed by atoms with Crippen molar-refractivity contribution < 1.29 is 4.79 Å². The van der Waals surface area contributed by atoms with Crippen LogP contribution in [0, 0.1) is 6.92 Å². The molecule has 0 aliphatic carbocycles. The normalized spacial score (nSPS) is 10.8. The highest BCUT2D eigenvalue weighted by Gasteiger charge is 2.09. The summed E-state index contributed by atoms with van der Waals surface area (Å²) in [6.07, 6.45) is 4.07. The Morgan fingerprint density at radius 3 is 2.86 bits per heavy atom. The van der Waals surface area contributed by atoms with E-state index in [-0.39, 0.29) is 12.3 Å². The Balaban J connectivity index is 1.66. The number of pyridine rings is 1. The lowest BCUT2D eigenvalue weighted by molar-refractivity contribution is -0.120. The highest BCUT2D eigenvalue weighted by Crippen LogP contribution is 2.14. The first-order chi connectivity index (χ1) is 10.6. The molecule has 1 amide bonds. The molecule has 3 aromatic rings. The van der Waals surface area contributed by atoms with Gasteiger partial charge in [0.05, 0.1) is 12.1 Å². The number of imidazole rings is 1. The van der Waals surface area contributed by atoms with Gasteiger partial charge in [-0.2, -0.15) is 0 Å². The number of hydrogen-bond acceptors (Lipinski definition) is 2. The number of fused-ring (bicyclic) bond motifs is 1. The number of nitrogens with zero attached hydrogens (tertiary/aromatic N) is 2. The van der Waals surface area contributed by atoms with Gasteiger partial charge in [-0.3, -0.25) is 4.79 Å². The molecule has 0 bridgehead atoms. The highest BCUT2D eigenvalue weighted by molar-refractivity contribution is 6.31. The van der Waals surface area contributed by atoms with Crippen LogP contribution in [0.4, 0.5) is 0 Å². The third-order valence-electron chi connectivity index (χ3n) is 3.50. The Labute approximate surface area is 133 Å². The van der Waals surface area contributed by atoms with Crippen molar-refractivity contribution in [1.29, 1.82) is 0 Å². The van der Waals surface area contributed by atoms with E-state index in [1.165, 1.54) is 0 Å². The van der Waals surface area contributed by atoms with Crippen LogP contribution in [0.25, 0.3) is 5.65 Å². The van der Waals surface area contributed by atoms with Crippen LogP contribution in [0.15, 0.2) is 48.8 Å². The van der Waals surface area contributed by atoms with E-state index < -0.39 is 0 Å². The molecule has 112 valence electrons. The largest absolute Gasteiger partial charge is 0.352 e. The van der Waals surface area contributed by atoms with Gasteiger partial charge in [0.1, 0.15) is 5.65 Å². The molecule has 0 spiro atoms. The second-order valence-corrected chi connectivity index (χ2v) is 5.61. The van der Waals surface area contributed by atoms with Crippen LogP contribution in [0.1, 0.15) is 16.8 Å². The average molecular weight is 314 g/mol. The molecule has 0 fully saturated rings. The van der Waals surface area contributed by atoms with Gasteiger partial charge in [0.25, 0.3) is 0 Å². The third-order valence-corrected chi connectivity index (χ3v) is 3.87.